The van der Waals surface area contributed by atoms with Crippen LogP contribution in [-0.2, 0) is 17.7 Å². The maximum atomic E-state index is 12.3. The summed E-state index contributed by atoms with van der Waals surface area (Å²) in [4.78, 5) is 14.6. The molecule has 1 aromatic rings. The van der Waals surface area contributed by atoms with Crippen molar-refractivity contribution in [2.24, 2.45) is 0 Å². The fourth-order valence-electron chi connectivity index (χ4n) is 2.88. The maximum Gasteiger partial charge on any atom is 0.272 e. The van der Waals surface area contributed by atoms with E-state index in [-0.39, 0.29) is 18.3 Å². The van der Waals surface area contributed by atoms with Crippen molar-refractivity contribution in [2.75, 3.05) is 39.4 Å². The Hall–Kier alpha value is -1.15. The summed E-state index contributed by atoms with van der Waals surface area (Å²) in [5, 5.41) is 13.4. The molecule has 7 nitrogen and oxygen atoms in total. The van der Waals surface area contributed by atoms with Crippen molar-refractivity contribution in [1.29, 1.82) is 0 Å². The zero-order valence-corrected chi connectivity index (χ0v) is 13.7. The van der Waals surface area contributed by atoms with Crippen LogP contribution < -0.4 is 10.6 Å². The average molecular weight is 330 g/mol. The summed E-state index contributed by atoms with van der Waals surface area (Å²) >= 11 is 0. The molecule has 1 aromatic heterocycles. The zero-order chi connectivity index (χ0) is 14.7. The molecule has 0 aromatic carbocycles. The maximum absolute atomic E-state index is 12.3. The molecule has 0 aliphatic carbocycles. The van der Waals surface area contributed by atoms with E-state index in [9.17, 15) is 4.79 Å². The van der Waals surface area contributed by atoms with E-state index in [4.69, 9.17) is 4.74 Å². The first kappa shape index (κ1) is 17.2. The van der Waals surface area contributed by atoms with Gasteiger partial charge in [-0.25, -0.2) is 0 Å². The van der Waals surface area contributed by atoms with Crippen molar-refractivity contribution in [1.82, 2.24) is 25.7 Å². The molecule has 0 radical (unpaired) electrons. The van der Waals surface area contributed by atoms with Crippen LogP contribution >= 0.6 is 12.4 Å². The fourth-order valence-corrected chi connectivity index (χ4v) is 2.88. The summed E-state index contributed by atoms with van der Waals surface area (Å²) in [6.45, 7) is 7.82. The summed E-state index contributed by atoms with van der Waals surface area (Å²) in [6.07, 6.45) is 0.903. The topological polar surface area (TPSA) is 82.3 Å². The van der Waals surface area contributed by atoms with E-state index in [1.165, 1.54) is 0 Å². The first-order chi connectivity index (χ1) is 10.3. The number of H-pyrrole nitrogens is 1. The second-order valence-corrected chi connectivity index (χ2v) is 5.66. The highest BCUT2D eigenvalue weighted by atomic mass is 35.5. The number of amides is 1. The van der Waals surface area contributed by atoms with Crippen molar-refractivity contribution in [3.63, 3.8) is 0 Å². The Balaban J connectivity index is 0.00000176. The van der Waals surface area contributed by atoms with Gasteiger partial charge in [0.2, 0.25) is 0 Å². The molecule has 1 atom stereocenters. The second-order valence-electron chi connectivity index (χ2n) is 5.66. The number of aromatic amines is 1. The van der Waals surface area contributed by atoms with Gasteiger partial charge in [-0.05, 0) is 6.92 Å². The van der Waals surface area contributed by atoms with Crippen LogP contribution in [0.2, 0.25) is 0 Å². The largest absolute Gasteiger partial charge is 0.379 e. The van der Waals surface area contributed by atoms with Gasteiger partial charge < -0.3 is 15.4 Å². The predicted molar refractivity (Wildman–Crippen MR) is 85.4 cm³/mol. The van der Waals surface area contributed by atoms with Crippen LogP contribution in [0.25, 0.3) is 0 Å². The highest BCUT2D eigenvalue weighted by Gasteiger charge is 2.23. The number of carbonyl (C=O) groups is 1. The molecule has 1 saturated heterocycles. The minimum Gasteiger partial charge on any atom is -0.379 e. The Kier molecular flexibility index (Phi) is 6.19. The van der Waals surface area contributed by atoms with Gasteiger partial charge >= 0.3 is 0 Å². The Bertz CT molecular complexity index is 501. The molecule has 1 fully saturated rings. The molecular formula is C14H24ClN5O2. The molecule has 0 spiro atoms. The number of halogens is 1. The SMILES string of the molecule is CC(CNC(=O)c1n[nH]c2c1CNCC2)N1CCOCC1.Cl. The van der Waals surface area contributed by atoms with Crippen molar-refractivity contribution in [3.8, 4) is 0 Å². The molecular weight excluding hydrogens is 306 g/mol. The normalized spacial score (nSPS) is 19.9. The molecule has 3 rings (SSSR count). The quantitative estimate of drug-likeness (QED) is 0.720. The van der Waals surface area contributed by atoms with E-state index in [2.05, 4.69) is 32.7 Å². The number of morpholine rings is 1. The minimum atomic E-state index is -0.0868. The van der Waals surface area contributed by atoms with E-state index in [0.717, 1.165) is 50.5 Å². The molecule has 2 aliphatic rings. The van der Waals surface area contributed by atoms with E-state index in [1.807, 2.05) is 0 Å². The summed E-state index contributed by atoms with van der Waals surface area (Å²) in [5.74, 6) is -0.0868. The Labute approximate surface area is 136 Å². The Morgan fingerprint density at radius 1 is 1.45 bits per heavy atom. The van der Waals surface area contributed by atoms with Crippen LogP contribution in [0.3, 0.4) is 0 Å². The van der Waals surface area contributed by atoms with E-state index in [1.54, 1.807) is 0 Å². The number of hydrogen-bond acceptors (Lipinski definition) is 5. The number of rotatable bonds is 4. The van der Waals surface area contributed by atoms with Crippen LogP contribution in [0.4, 0.5) is 0 Å². The minimum absolute atomic E-state index is 0. The Morgan fingerprint density at radius 3 is 3.00 bits per heavy atom. The van der Waals surface area contributed by atoms with Gasteiger partial charge in [-0.1, -0.05) is 0 Å². The van der Waals surface area contributed by atoms with Gasteiger partial charge in [0.05, 0.1) is 13.2 Å². The molecule has 3 N–H and O–H groups in total. The number of aromatic nitrogens is 2. The fraction of sp³-hybridized carbons (Fsp3) is 0.714. The molecule has 124 valence electrons. The molecule has 2 aliphatic heterocycles. The number of nitrogens with zero attached hydrogens (tertiary/aromatic N) is 2. The third-order valence-corrected chi connectivity index (χ3v) is 4.25. The zero-order valence-electron chi connectivity index (χ0n) is 12.9. The van der Waals surface area contributed by atoms with Gasteiger partial charge in [-0.3, -0.25) is 14.8 Å². The molecule has 3 heterocycles. The second kappa shape index (κ2) is 7.92. The third kappa shape index (κ3) is 3.78. The number of carbonyl (C=O) groups excluding carboxylic acids is 1. The number of ether oxygens (including phenoxy) is 1. The Morgan fingerprint density at radius 2 is 2.23 bits per heavy atom. The van der Waals surface area contributed by atoms with Crippen LogP contribution in [-0.4, -0.2) is 66.4 Å². The highest BCUT2D eigenvalue weighted by Crippen LogP contribution is 2.15. The first-order valence-corrected chi connectivity index (χ1v) is 7.62. The third-order valence-electron chi connectivity index (χ3n) is 4.25. The summed E-state index contributed by atoms with van der Waals surface area (Å²) < 4.78 is 5.35. The van der Waals surface area contributed by atoms with Crippen molar-refractivity contribution in [2.45, 2.75) is 25.9 Å². The monoisotopic (exact) mass is 329 g/mol. The van der Waals surface area contributed by atoms with Gasteiger partial charge in [0.15, 0.2) is 5.69 Å². The lowest BCUT2D eigenvalue weighted by molar-refractivity contribution is 0.0204. The van der Waals surface area contributed by atoms with Gasteiger partial charge in [0.25, 0.3) is 5.91 Å². The summed E-state index contributed by atoms with van der Waals surface area (Å²) in [5.41, 5.74) is 2.63. The number of fused-ring (bicyclic) bond motifs is 1. The van der Waals surface area contributed by atoms with E-state index >= 15 is 0 Å². The van der Waals surface area contributed by atoms with E-state index in [0.29, 0.717) is 24.8 Å². The smallest absolute Gasteiger partial charge is 0.272 e. The summed E-state index contributed by atoms with van der Waals surface area (Å²) in [6, 6.07) is 0.311. The molecule has 0 saturated carbocycles. The summed E-state index contributed by atoms with van der Waals surface area (Å²) in [7, 11) is 0. The molecule has 22 heavy (non-hydrogen) atoms. The molecule has 1 amide bonds. The van der Waals surface area contributed by atoms with Crippen molar-refractivity contribution < 1.29 is 9.53 Å². The van der Waals surface area contributed by atoms with Gasteiger partial charge in [0, 0.05) is 56.4 Å². The first-order valence-electron chi connectivity index (χ1n) is 7.62. The number of hydrogen-bond donors (Lipinski definition) is 3. The number of nitrogens with one attached hydrogen (secondary N) is 3. The average Bonchev–Trinajstić information content (AvgIpc) is 2.97. The van der Waals surface area contributed by atoms with Crippen LogP contribution in [0.1, 0.15) is 28.7 Å². The van der Waals surface area contributed by atoms with Gasteiger partial charge in [-0.15, -0.1) is 12.4 Å². The van der Waals surface area contributed by atoms with Crippen LogP contribution in [0, 0.1) is 0 Å². The lowest BCUT2D eigenvalue weighted by Gasteiger charge is -2.32. The molecule has 0 bridgehead atoms. The van der Waals surface area contributed by atoms with Gasteiger partial charge in [-0.2, -0.15) is 5.10 Å². The van der Waals surface area contributed by atoms with Crippen LogP contribution in [0.15, 0.2) is 0 Å². The predicted octanol–water partition coefficient (Wildman–Crippen LogP) is -0.0723. The molecule has 1 unspecified atom stereocenters. The highest BCUT2D eigenvalue weighted by molar-refractivity contribution is 5.94. The van der Waals surface area contributed by atoms with Crippen molar-refractivity contribution >= 4 is 18.3 Å². The van der Waals surface area contributed by atoms with E-state index < -0.39 is 0 Å². The lowest BCUT2D eigenvalue weighted by Crippen LogP contribution is -2.47. The lowest BCUT2D eigenvalue weighted by atomic mass is 10.1. The van der Waals surface area contributed by atoms with Crippen LogP contribution in [0.5, 0.6) is 0 Å². The van der Waals surface area contributed by atoms with Crippen molar-refractivity contribution in [3.05, 3.63) is 17.0 Å². The van der Waals surface area contributed by atoms with Gasteiger partial charge in [0.1, 0.15) is 0 Å². The molecule has 8 heteroatoms. The standard InChI is InChI=1S/C14H23N5O2.ClH/c1-10(19-4-6-21-7-5-19)8-16-14(20)13-11-9-15-3-2-12(11)17-18-13;/h10,15H,2-9H2,1H3,(H,16,20)(H,17,18);1H.